The molecule has 1 aromatic rings. The summed E-state index contributed by atoms with van der Waals surface area (Å²) in [5.74, 6) is 0.824. The van der Waals surface area contributed by atoms with Crippen molar-refractivity contribution in [2.24, 2.45) is 0 Å². The fourth-order valence-electron chi connectivity index (χ4n) is 3.40. The lowest BCUT2D eigenvalue weighted by molar-refractivity contribution is 0.0166. The molecule has 3 rings (SSSR count). The van der Waals surface area contributed by atoms with Gasteiger partial charge in [0.05, 0.1) is 6.54 Å². The molecule has 0 aromatic carbocycles. The molecular weight excluding hydrogens is 216 g/mol. The molecule has 2 atom stereocenters. The second kappa shape index (κ2) is 4.74. The van der Waals surface area contributed by atoms with Gasteiger partial charge in [-0.15, -0.1) is 0 Å². The third kappa shape index (κ3) is 2.21. The average molecular weight is 236 g/mol. The fraction of sp³-hybridized carbons (Fsp3) is 0.833. The van der Waals surface area contributed by atoms with E-state index in [0.717, 1.165) is 12.4 Å². The van der Waals surface area contributed by atoms with E-state index in [-0.39, 0.29) is 0 Å². The molecule has 94 valence electrons. The van der Waals surface area contributed by atoms with Gasteiger partial charge in [-0.25, -0.2) is 0 Å². The van der Waals surface area contributed by atoms with Gasteiger partial charge in [-0.05, 0) is 32.7 Å². The van der Waals surface area contributed by atoms with Crippen molar-refractivity contribution in [2.75, 3.05) is 7.05 Å². The maximum atomic E-state index is 4.82. The van der Waals surface area contributed by atoms with Crippen LogP contribution < -0.4 is 5.32 Å². The van der Waals surface area contributed by atoms with E-state index in [9.17, 15) is 0 Å². The van der Waals surface area contributed by atoms with Crippen LogP contribution >= 0.6 is 0 Å². The zero-order valence-corrected chi connectivity index (χ0v) is 10.3. The Balaban J connectivity index is 1.71. The van der Waals surface area contributed by atoms with E-state index < -0.39 is 0 Å². The summed E-state index contributed by atoms with van der Waals surface area (Å²) >= 11 is 0. The molecule has 0 radical (unpaired) electrons. The van der Waals surface area contributed by atoms with Crippen molar-refractivity contribution in [1.29, 1.82) is 0 Å². The monoisotopic (exact) mass is 236 g/mol. The summed E-state index contributed by atoms with van der Waals surface area (Å²) in [5, 5.41) is 7.37. The quantitative estimate of drug-likeness (QED) is 0.854. The lowest BCUT2D eigenvalue weighted by Crippen LogP contribution is -2.55. The van der Waals surface area contributed by atoms with Crippen LogP contribution in [0.3, 0.4) is 0 Å². The standard InChI is InChI=1S/C12H20N4O/c1-13-9-5-10-3-2-4-11(6-9)16(10)7-12-14-8-17-15-12/h8-11,13H,2-7H2,1H3. The van der Waals surface area contributed by atoms with Crippen LogP contribution in [0.25, 0.3) is 0 Å². The smallest absolute Gasteiger partial charge is 0.213 e. The van der Waals surface area contributed by atoms with Gasteiger partial charge in [-0.3, -0.25) is 4.90 Å². The third-order valence-electron chi connectivity index (χ3n) is 4.27. The third-order valence-corrected chi connectivity index (χ3v) is 4.27. The molecule has 2 aliphatic rings. The van der Waals surface area contributed by atoms with Crippen LogP contribution in [0.4, 0.5) is 0 Å². The SMILES string of the molecule is CNC1CC2CCCC(C1)N2Cc1ncon1. The second-order valence-electron chi connectivity index (χ2n) is 5.22. The Morgan fingerprint density at radius 3 is 2.76 bits per heavy atom. The Kier molecular flexibility index (Phi) is 3.11. The van der Waals surface area contributed by atoms with Gasteiger partial charge in [-0.2, -0.15) is 4.98 Å². The number of piperidine rings is 2. The topological polar surface area (TPSA) is 54.2 Å². The first-order valence-corrected chi connectivity index (χ1v) is 6.55. The highest BCUT2D eigenvalue weighted by atomic mass is 16.5. The van der Waals surface area contributed by atoms with Gasteiger partial charge in [0.15, 0.2) is 5.82 Å². The highest BCUT2D eigenvalue weighted by molar-refractivity contribution is 4.96. The predicted molar refractivity (Wildman–Crippen MR) is 63.3 cm³/mol. The Hall–Kier alpha value is -0.940. The Bertz CT molecular complexity index is 339. The van der Waals surface area contributed by atoms with E-state index in [1.54, 1.807) is 0 Å². The number of fused-ring (bicyclic) bond motifs is 2. The highest BCUT2D eigenvalue weighted by Crippen LogP contribution is 2.34. The van der Waals surface area contributed by atoms with Crippen LogP contribution in [0, 0.1) is 0 Å². The molecule has 1 aromatic heterocycles. The molecule has 2 bridgehead atoms. The first-order valence-electron chi connectivity index (χ1n) is 6.55. The first kappa shape index (κ1) is 11.2. The average Bonchev–Trinajstić information content (AvgIpc) is 2.81. The second-order valence-corrected chi connectivity index (χ2v) is 5.22. The molecule has 2 saturated heterocycles. The zero-order chi connectivity index (χ0) is 11.7. The summed E-state index contributed by atoms with van der Waals surface area (Å²) in [6, 6.07) is 2.07. The van der Waals surface area contributed by atoms with Crippen molar-refractivity contribution >= 4 is 0 Å². The van der Waals surface area contributed by atoms with Crippen LogP contribution in [0.5, 0.6) is 0 Å². The minimum Gasteiger partial charge on any atom is -0.343 e. The number of rotatable bonds is 3. The van der Waals surface area contributed by atoms with E-state index in [1.165, 1.54) is 38.5 Å². The van der Waals surface area contributed by atoms with Crippen LogP contribution in [0.1, 0.15) is 37.9 Å². The van der Waals surface area contributed by atoms with Gasteiger partial charge in [-0.1, -0.05) is 11.6 Å². The first-order chi connectivity index (χ1) is 8.36. The molecule has 0 amide bonds. The van der Waals surface area contributed by atoms with Crippen molar-refractivity contribution < 1.29 is 4.52 Å². The van der Waals surface area contributed by atoms with Crippen molar-refractivity contribution in [3.8, 4) is 0 Å². The molecule has 3 heterocycles. The van der Waals surface area contributed by atoms with Crippen molar-refractivity contribution in [3.05, 3.63) is 12.2 Å². The Labute approximate surface area is 102 Å². The maximum Gasteiger partial charge on any atom is 0.213 e. The van der Waals surface area contributed by atoms with Crippen molar-refractivity contribution in [2.45, 2.75) is 56.8 Å². The van der Waals surface area contributed by atoms with Gasteiger partial charge >= 0.3 is 0 Å². The Morgan fingerprint density at radius 1 is 1.41 bits per heavy atom. The molecular formula is C12H20N4O. The molecule has 5 heteroatoms. The van der Waals surface area contributed by atoms with Gasteiger partial charge < -0.3 is 9.84 Å². The summed E-state index contributed by atoms with van der Waals surface area (Å²) in [4.78, 5) is 6.73. The zero-order valence-electron chi connectivity index (χ0n) is 10.3. The van der Waals surface area contributed by atoms with Gasteiger partial charge in [0.1, 0.15) is 0 Å². The molecule has 2 unspecified atom stereocenters. The van der Waals surface area contributed by atoms with Crippen LogP contribution in [0.2, 0.25) is 0 Å². The summed E-state index contributed by atoms with van der Waals surface area (Å²) in [5.41, 5.74) is 0. The number of nitrogens with zero attached hydrogens (tertiary/aromatic N) is 3. The summed E-state index contributed by atoms with van der Waals surface area (Å²) in [6.45, 7) is 0.849. The lowest BCUT2D eigenvalue weighted by atomic mass is 9.82. The number of hydrogen-bond acceptors (Lipinski definition) is 5. The molecule has 2 aliphatic heterocycles. The van der Waals surface area contributed by atoms with E-state index >= 15 is 0 Å². The van der Waals surface area contributed by atoms with Crippen LogP contribution in [0.15, 0.2) is 10.9 Å². The molecule has 0 saturated carbocycles. The van der Waals surface area contributed by atoms with Gasteiger partial charge in [0, 0.05) is 18.1 Å². The molecule has 5 nitrogen and oxygen atoms in total. The van der Waals surface area contributed by atoms with Gasteiger partial charge in [0.25, 0.3) is 0 Å². The molecule has 0 spiro atoms. The number of nitrogens with one attached hydrogen (secondary N) is 1. The van der Waals surface area contributed by atoms with E-state index in [4.69, 9.17) is 4.52 Å². The summed E-state index contributed by atoms with van der Waals surface area (Å²) in [7, 11) is 2.08. The minimum atomic E-state index is 0.687. The molecule has 0 aliphatic carbocycles. The maximum absolute atomic E-state index is 4.82. The molecule has 2 fully saturated rings. The molecule has 1 N–H and O–H groups in total. The van der Waals surface area contributed by atoms with Crippen molar-refractivity contribution in [1.82, 2.24) is 20.4 Å². The summed E-state index contributed by atoms with van der Waals surface area (Å²) in [6.07, 6.45) is 7.93. The number of hydrogen-bond donors (Lipinski definition) is 1. The largest absolute Gasteiger partial charge is 0.343 e. The van der Waals surface area contributed by atoms with E-state index in [0.29, 0.717) is 18.1 Å². The molecule has 17 heavy (non-hydrogen) atoms. The van der Waals surface area contributed by atoms with E-state index in [2.05, 4.69) is 27.4 Å². The van der Waals surface area contributed by atoms with Crippen LogP contribution in [-0.2, 0) is 6.54 Å². The fourth-order valence-corrected chi connectivity index (χ4v) is 3.40. The lowest BCUT2D eigenvalue weighted by Gasteiger charge is -2.48. The summed E-state index contributed by atoms with van der Waals surface area (Å²) < 4.78 is 4.82. The number of aromatic nitrogens is 2. The Morgan fingerprint density at radius 2 is 2.18 bits per heavy atom. The van der Waals surface area contributed by atoms with E-state index in [1.807, 2.05) is 0 Å². The predicted octanol–water partition coefficient (Wildman–Crippen LogP) is 1.17. The van der Waals surface area contributed by atoms with Crippen LogP contribution in [-0.4, -0.2) is 40.2 Å². The normalized spacial score (nSPS) is 33.8. The highest BCUT2D eigenvalue weighted by Gasteiger charge is 2.38. The van der Waals surface area contributed by atoms with Crippen molar-refractivity contribution in [3.63, 3.8) is 0 Å². The van der Waals surface area contributed by atoms with Gasteiger partial charge in [0.2, 0.25) is 6.39 Å². The minimum absolute atomic E-state index is 0.687.